The molecule has 2 heteroatoms. The smallest absolute Gasteiger partial charge is 0.0505 e. The number of benzene rings is 2. The standard InChI is InChI=1S/C20H20IN/c21-19-13-7-8-14-20(19)22(15-17-9-3-1-4-10-17)16-18-11-5-2-6-12-18/h1,3-14,18H,2,15-16H2. The molecule has 0 unspecified atom stereocenters. The van der Waals surface area contributed by atoms with E-state index in [0.29, 0.717) is 5.92 Å². The summed E-state index contributed by atoms with van der Waals surface area (Å²) in [5.74, 6) is 0.494. The zero-order chi connectivity index (χ0) is 15.2. The summed E-state index contributed by atoms with van der Waals surface area (Å²) in [7, 11) is 0. The summed E-state index contributed by atoms with van der Waals surface area (Å²) in [6.45, 7) is 1.96. The molecule has 1 aliphatic rings. The number of rotatable bonds is 5. The Labute approximate surface area is 146 Å². The van der Waals surface area contributed by atoms with Gasteiger partial charge in [0.05, 0.1) is 5.69 Å². The van der Waals surface area contributed by atoms with E-state index in [1.165, 1.54) is 14.8 Å². The van der Waals surface area contributed by atoms with Gasteiger partial charge in [-0.3, -0.25) is 0 Å². The number of anilines is 1. The summed E-state index contributed by atoms with van der Waals surface area (Å²) in [6.07, 6.45) is 10.3. The van der Waals surface area contributed by atoms with Gasteiger partial charge in [0.25, 0.3) is 0 Å². The Kier molecular flexibility index (Phi) is 5.33. The van der Waals surface area contributed by atoms with Crippen LogP contribution in [0.5, 0.6) is 0 Å². The summed E-state index contributed by atoms with van der Waals surface area (Å²) >= 11 is 2.43. The SMILES string of the molecule is Ic1ccccc1N(Cc1ccccc1)CC1C=CCC=C1. The molecule has 0 aliphatic heterocycles. The molecule has 1 nitrogen and oxygen atoms in total. The van der Waals surface area contributed by atoms with Crippen molar-refractivity contribution < 1.29 is 0 Å². The fourth-order valence-electron chi connectivity index (χ4n) is 2.79. The van der Waals surface area contributed by atoms with Gasteiger partial charge in [0.1, 0.15) is 0 Å². The zero-order valence-corrected chi connectivity index (χ0v) is 14.7. The molecule has 0 amide bonds. The highest BCUT2D eigenvalue weighted by molar-refractivity contribution is 14.1. The number of allylic oxidation sites excluding steroid dienone is 2. The highest BCUT2D eigenvalue weighted by atomic mass is 127. The van der Waals surface area contributed by atoms with E-state index in [1.54, 1.807) is 0 Å². The molecule has 0 bridgehead atoms. The van der Waals surface area contributed by atoms with Crippen molar-refractivity contribution in [1.29, 1.82) is 0 Å². The molecule has 112 valence electrons. The van der Waals surface area contributed by atoms with Gasteiger partial charge in [-0.1, -0.05) is 66.8 Å². The number of nitrogens with zero attached hydrogens (tertiary/aromatic N) is 1. The number of hydrogen-bond donors (Lipinski definition) is 0. The number of hydrogen-bond acceptors (Lipinski definition) is 1. The normalized spacial score (nSPS) is 14.2. The Morgan fingerprint density at radius 3 is 2.32 bits per heavy atom. The van der Waals surface area contributed by atoms with Gasteiger partial charge >= 0.3 is 0 Å². The van der Waals surface area contributed by atoms with Crippen molar-refractivity contribution in [3.05, 3.63) is 88.0 Å². The number of halogens is 1. The molecule has 0 heterocycles. The average Bonchev–Trinajstić information content (AvgIpc) is 2.57. The summed E-state index contributed by atoms with van der Waals surface area (Å²) < 4.78 is 1.31. The lowest BCUT2D eigenvalue weighted by molar-refractivity contribution is 0.701. The van der Waals surface area contributed by atoms with E-state index in [1.807, 2.05) is 0 Å². The minimum atomic E-state index is 0.494. The molecule has 0 radical (unpaired) electrons. The highest BCUT2D eigenvalue weighted by Crippen LogP contribution is 2.26. The van der Waals surface area contributed by atoms with E-state index in [9.17, 15) is 0 Å². The van der Waals surface area contributed by atoms with Crippen LogP contribution in [0.2, 0.25) is 0 Å². The zero-order valence-electron chi connectivity index (χ0n) is 12.5. The third-order valence-electron chi connectivity index (χ3n) is 3.88. The van der Waals surface area contributed by atoms with Crippen LogP contribution in [0.3, 0.4) is 0 Å². The van der Waals surface area contributed by atoms with Crippen molar-refractivity contribution in [2.24, 2.45) is 5.92 Å². The van der Waals surface area contributed by atoms with Crippen LogP contribution in [0.4, 0.5) is 5.69 Å². The van der Waals surface area contributed by atoms with E-state index in [-0.39, 0.29) is 0 Å². The Balaban J connectivity index is 1.84. The maximum atomic E-state index is 2.49. The second-order valence-electron chi connectivity index (χ2n) is 5.57. The topological polar surface area (TPSA) is 3.24 Å². The van der Waals surface area contributed by atoms with Gasteiger partial charge in [0.15, 0.2) is 0 Å². The summed E-state index contributed by atoms with van der Waals surface area (Å²) in [5.41, 5.74) is 2.67. The largest absolute Gasteiger partial charge is 0.365 e. The molecule has 1 aliphatic carbocycles. The first kappa shape index (κ1) is 15.3. The van der Waals surface area contributed by atoms with Gasteiger partial charge in [-0.25, -0.2) is 0 Å². The molecule has 0 aromatic heterocycles. The van der Waals surface area contributed by atoms with Gasteiger partial charge in [0, 0.05) is 22.6 Å². The minimum absolute atomic E-state index is 0.494. The van der Waals surface area contributed by atoms with Crippen molar-refractivity contribution in [3.8, 4) is 0 Å². The second kappa shape index (κ2) is 7.63. The predicted octanol–water partition coefficient (Wildman–Crippen LogP) is 5.43. The number of para-hydroxylation sites is 1. The molecule has 3 rings (SSSR count). The van der Waals surface area contributed by atoms with E-state index in [0.717, 1.165) is 19.5 Å². The molecule has 0 N–H and O–H groups in total. The van der Waals surface area contributed by atoms with Crippen LogP contribution in [0.25, 0.3) is 0 Å². The van der Waals surface area contributed by atoms with Crippen LogP contribution in [0, 0.1) is 9.49 Å². The van der Waals surface area contributed by atoms with Gasteiger partial charge < -0.3 is 4.90 Å². The Morgan fingerprint density at radius 1 is 0.909 bits per heavy atom. The summed E-state index contributed by atoms with van der Waals surface area (Å²) in [5, 5.41) is 0. The first-order valence-electron chi connectivity index (χ1n) is 7.69. The minimum Gasteiger partial charge on any atom is -0.365 e. The first-order chi connectivity index (χ1) is 10.8. The van der Waals surface area contributed by atoms with Crippen LogP contribution < -0.4 is 4.90 Å². The predicted molar refractivity (Wildman–Crippen MR) is 103 cm³/mol. The van der Waals surface area contributed by atoms with Crippen LogP contribution in [-0.2, 0) is 6.54 Å². The molecule has 22 heavy (non-hydrogen) atoms. The van der Waals surface area contributed by atoms with Crippen LogP contribution in [0.15, 0.2) is 78.9 Å². The van der Waals surface area contributed by atoms with Crippen molar-refractivity contribution >= 4 is 28.3 Å². The highest BCUT2D eigenvalue weighted by Gasteiger charge is 2.14. The van der Waals surface area contributed by atoms with Gasteiger partial charge in [-0.2, -0.15) is 0 Å². The van der Waals surface area contributed by atoms with E-state index >= 15 is 0 Å². The monoisotopic (exact) mass is 401 g/mol. The van der Waals surface area contributed by atoms with Crippen molar-refractivity contribution in [2.45, 2.75) is 13.0 Å². The van der Waals surface area contributed by atoms with Crippen LogP contribution in [0.1, 0.15) is 12.0 Å². The maximum Gasteiger partial charge on any atom is 0.0505 e. The van der Waals surface area contributed by atoms with Crippen molar-refractivity contribution in [2.75, 3.05) is 11.4 Å². The summed E-state index contributed by atoms with van der Waals surface area (Å²) in [6, 6.07) is 19.3. The van der Waals surface area contributed by atoms with Crippen LogP contribution >= 0.6 is 22.6 Å². The van der Waals surface area contributed by atoms with Gasteiger partial charge in [-0.15, -0.1) is 0 Å². The fraction of sp³-hybridized carbons (Fsp3) is 0.200. The second-order valence-corrected chi connectivity index (χ2v) is 6.74. The lowest BCUT2D eigenvalue weighted by Crippen LogP contribution is -2.28. The quantitative estimate of drug-likeness (QED) is 0.477. The average molecular weight is 401 g/mol. The molecular weight excluding hydrogens is 381 g/mol. The van der Waals surface area contributed by atoms with Crippen molar-refractivity contribution in [1.82, 2.24) is 0 Å². The summed E-state index contributed by atoms with van der Waals surface area (Å²) in [4.78, 5) is 2.49. The lowest BCUT2D eigenvalue weighted by Gasteiger charge is -2.29. The third kappa shape index (κ3) is 4.01. The van der Waals surface area contributed by atoms with E-state index < -0.39 is 0 Å². The molecule has 0 saturated carbocycles. The maximum absolute atomic E-state index is 2.49. The molecule has 0 atom stereocenters. The Bertz CT molecular complexity index is 648. The molecule has 0 saturated heterocycles. The van der Waals surface area contributed by atoms with Gasteiger partial charge in [0.2, 0.25) is 0 Å². The molecule has 0 fully saturated rings. The molecule has 2 aromatic carbocycles. The van der Waals surface area contributed by atoms with Crippen LogP contribution in [-0.4, -0.2) is 6.54 Å². The van der Waals surface area contributed by atoms with E-state index in [4.69, 9.17) is 0 Å². The third-order valence-corrected chi connectivity index (χ3v) is 4.79. The molecule has 2 aromatic rings. The van der Waals surface area contributed by atoms with E-state index in [2.05, 4.69) is 106 Å². The molecular formula is C20H20IN. The molecule has 0 spiro atoms. The van der Waals surface area contributed by atoms with Gasteiger partial charge in [-0.05, 0) is 46.7 Å². The first-order valence-corrected chi connectivity index (χ1v) is 8.77. The van der Waals surface area contributed by atoms with Crippen molar-refractivity contribution in [3.63, 3.8) is 0 Å². The Morgan fingerprint density at radius 2 is 1.59 bits per heavy atom. The fourth-order valence-corrected chi connectivity index (χ4v) is 3.51. The Hall–Kier alpha value is -1.55. The lowest BCUT2D eigenvalue weighted by atomic mass is 10.0.